The molecule has 0 bridgehead atoms. The molecule has 0 saturated carbocycles. The minimum Gasteiger partial charge on any atom is -0.330 e. The molecule has 19 heavy (non-hydrogen) atoms. The van der Waals surface area contributed by atoms with Crippen LogP contribution in [0.4, 0.5) is 0 Å². The van der Waals surface area contributed by atoms with E-state index < -0.39 is 0 Å². The maximum absolute atomic E-state index is 6.02. The van der Waals surface area contributed by atoms with Crippen LogP contribution in [0, 0.1) is 5.92 Å². The van der Waals surface area contributed by atoms with Gasteiger partial charge >= 0.3 is 0 Å². The summed E-state index contributed by atoms with van der Waals surface area (Å²) in [6, 6.07) is 16.6. The van der Waals surface area contributed by atoms with E-state index in [1.54, 1.807) is 0 Å². The molecular weight excluding hydrogens is 254 g/mol. The van der Waals surface area contributed by atoms with Crippen molar-refractivity contribution in [3.63, 3.8) is 0 Å². The second-order valence-electron chi connectivity index (χ2n) is 5.22. The highest BCUT2D eigenvalue weighted by Gasteiger charge is 2.13. The molecule has 0 saturated heterocycles. The van der Waals surface area contributed by atoms with Crippen molar-refractivity contribution in [3.05, 3.63) is 59.1 Å². The molecule has 2 aromatic carbocycles. The second-order valence-corrected chi connectivity index (χ2v) is 5.66. The average Bonchev–Trinajstić information content (AvgIpc) is 2.40. The summed E-state index contributed by atoms with van der Waals surface area (Å²) >= 11 is 6.02. The first-order chi connectivity index (χ1) is 9.11. The molecule has 0 radical (unpaired) electrons. The van der Waals surface area contributed by atoms with Crippen molar-refractivity contribution in [2.75, 3.05) is 6.54 Å². The molecule has 0 aliphatic rings. The third kappa shape index (κ3) is 3.37. The lowest BCUT2D eigenvalue weighted by atomic mass is 9.88. The van der Waals surface area contributed by atoms with E-state index in [2.05, 4.69) is 44.2 Å². The number of benzene rings is 2. The molecular formula is C17H20ClN. The van der Waals surface area contributed by atoms with Crippen LogP contribution in [-0.2, 0) is 0 Å². The zero-order valence-electron chi connectivity index (χ0n) is 11.4. The van der Waals surface area contributed by atoms with Gasteiger partial charge < -0.3 is 5.73 Å². The van der Waals surface area contributed by atoms with Crippen molar-refractivity contribution in [1.29, 1.82) is 0 Å². The molecule has 0 fully saturated rings. The molecule has 2 N–H and O–H groups in total. The number of rotatable bonds is 4. The lowest BCUT2D eigenvalue weighted by molar-refractivity contribution is 0.506. The summed E-state index contributed by atoms with van der Waals surface area (Å²) in [5.41, 5.74) is 9.50. The summed E-state index contributed by atoms with van der Waals surface area (Å²) in [4.78, 5) is 0. The molecule has 1 unspecified atom stereocenters. The van der Waals surface area contributed by atoms with Gasteiger partial charge in [-0.25, -0.2) is 0 Å². The van der Waals surface area contributed by atoms with Crippen LogP contribution in [0.25, 0.3) is 11.1 Å². The van der Waals surface area contributed by atoms with Crippen LogP contribution >= 0.6 is 11.6 Å². The number of hydrogen-bond donors (Lipinski definition) is 1. The van der Waals surface area contributed by atoms with Gasteiger partial charge in [0.2, 0.25) is 0 Å². The third-order valence-electron chi connectivity index (χ3n) is 3.56. The fraction of sp³-hybridized carbons (Fsp3) is 0.294. The fourth-order valence-electron chi connectivity index (χ4n) is 2.38. The Bertz CT molecular complexity index is 531. The van der Waals surface area contributed by atoms with Crippen molar-refractivity contribution >= 4 is 11.6 Å². The standard InChI is InChI=1S/C17H20ClN/c1-12(2)17(11-19)14-8-6-13(7-9-14)15-4-3-5-16(18)10-15/h3-10,12,17H,11,19H2,1-2H3. The maximum atomic E-state index is 6.02. The summed E-state index contributed by atoms with van der Waals surface area (Å²) in [6.45, 7) is 5.11. The number of hydrogen-bond acceptors (Lipinski definition) is 1. The summed E-state index contributed by atoms with van der Waals surface area (Å²) < 4.78 is 0. The van der Waals surface area contributed by atoms with E-state index >= 15 is 0 Å². The van der Waals surface area contributed by atoms with E-state index in [-0.39, 0.29) is 0 Å². The van der Waals surface area contributed by atoms with Gasteiger partial charge in [0.05, 0.1) is 0 Å². The third-order valence-corrected chi connectivity index (χ3v) is 3.79. The quantitative estimate of drug-likeness (QED) is 0.858. The molecule has 0 aromatic heterocycles. The van der Waals surface area contributed by atoms with Gasteiger partial charge in [0, 0.05) is 5.02 Å². The second kappa shape index (κ2) is 6.23. The van der Waals surface area contributed by atoms with Gasteiger partial charge in [-0.1, -0.05) is 61.8 Å². The Morgan fingerprint density at radius 2 is 1.68 bits per heavy atom. The SMILES string of the molecule is CC(C)C(CN)c1ccc(-c2cccc(Cl)c2)cc1. The average molecular weight is 274 g/mol. The molecule has 0 heterocycles. The van der Waals surface area contributed by atoms with Crippen molar-refractivity contribution in [1.82, 2.24) is 0 Å². The minimum atomic E-state index is 0.424. The largest absolute Gasteiger partial charge is 0.330 e. The van der Waals surface area contributed by atoms with E-state index in [1.807, 2.05) is 18.2 Å². The van der Waals surface area contributed by atoms with Crippen LogP contribution in [-0.4, -0.2) is 6.54 Å². The first kappa shape index (κ1) is 14.1. The Morgan fingerprint density at radius 3 is 2.21 bits per heavy atom. The van der Waals surface area contributed by atoms with Crippen LogP contribution in [0.15, 0.2) is 48.5 Å². The van der Waals surface area contributed by atoms with E-state index in [0.29, 0.717) is 18.4 Å². The Kier molecular flexibility index (Phi) is 4.62. The summed E-state index contributed by atoms with van der Waals surface area (Å²) in [7, 11) is 0. The Labute approximate surface area is 120 Å². The molecule has 1 nitrogen and oxygen atoms in total. The van der Waals surface area contributed by atoms with Crippen LogP contribution in [0.1, 0.15) is 25.3 Å². The first-order valence-electron chi connectivity index (χ1n) is 6.67. The van der Waals surface area contributed by atoms with E-state index in [9.17, 15) is 0 Å². The van der Waals surface area contributed by atoms with Crippen LogP contribution in [0.5, 0.6) is 0 Å². The topological polar surface area (TPSA) is 26.0 Å². The summed E-state index contributed by atoms with van der Waals surface area (Å²) in [5, 5.41) is 0.767. The van der Waals surface area contributed by atoms with Crippen molar-refractivity contribution in [2.45, 2.75) is 19.8 Å². The molecule has 1 atom stereocenters. The predicted octanol–water partition coefficient (Wildman–Crippen LogP) is 4.71. The van der Waals surface area contributed by atoms with E-state index in [1.165, 1.54) is 11.1 Å². The minimum absolute atomic E-state index is 0.424. The maximum Gasteiger partial charge on any atom is 0.0412 e. The van der Waals surface area contributed by atoms with E-state index in [0.717, 1.165) is 10.6 Å². The normalized spacial score (nSPS) is 12.7. The van der Waals surface area contributed by atoms with Gasteiger partial charge in [-0.3, -0.25) is 0 Å². The molecule has 0 aliphatic carbocycles. The van der Waals surface area contributed by atoms with Gasteiger partial charge in [-0.2, -0.15) is 0 Å². The summed E-state index contributed by atoms with van der Waals surface area (Å²) in [5.74, 6) is 0.982. The molecule has 0 spiro atoms. The highest BCUT2D eigenvalue weighted by atomic mass is 35.5. The zero-order valence-corrected chi connectivity index (χ0v) is 12.2. The zero-order chi connectivity index (χ0) is 13.8. The van der Waals surface area contributed by atoms with Crippen LogP contribution in [0.2, 0.25) is 5.02 Å². The molecule has 2 aromatic rings. The molecule has 2 heteroatoms. The summed E-state index contributed by atoms with van der Waals surface area (Å²) in [6.07, 6.45) is 0. The lowest BCUT2D eigenvalue weighted by Gasteiger charge is -2.19. The first-order valence-corrected chi connectivity index (χ1v) is 7.05. The van der Waals surface area contributed by atoms with Crippen LogP contribution < -0.4 is 5.73 Å². The van der Waals surface area contributed by atoms with Crippen LogP contribution in [0.3, 0.4) is 0 Å². The number of halogens is 1. The fourth-order valence-corrected chi connectivity index (χ4v) is 2.57. The monoisotopic (exact) mass is 273 g/mol. The predicted molar refractivity (Wildman–Crippen MR) is 83.5 cm³/mol. The van der Waals surface area contributed by atoms with Crippen molar-refractivity contribution < 1.29 is 0 Å². The highest BCUT2D eigenvalue weighted by molar-refractivity contribution is 6.30. The number of nitrogens with two attached hydrogens (primary N) is 1. The van der Waals surface area contributed by atoms with Gasteiger partial charge in [0.25, 0.3) is 0 Å². The van der Waals surface area contributed by atoms with Gasteiger partial charge in [0.15, 0.2) is 0 Å². The van der Waals surface area contributed by atoms with Gasteiger partial charge in [-0.05, 0) is 47.2 Å². The molecule has 2 rings (SSSR count). The smallest absolute Gasteiger partial charge is 0.0412 e. The van der Waals surface area contributed by atoms with Crippen molar-refractivity contribution in [2.24, 2.45) is 11.7 Å². The molecule has 0 amide bonds. The highest BCUT2D eigenvalue weighted by Crippen LogP contribution is 2.27. The molecule has 0 aliphatic heterocycles. The molecule has 100 valence electrons. The lowest BCUT2D eigenvalue weighted by Crippen LogP contribution is -2.17. The van der Waals surface area contributed by atoms with Gasteiger partial charge in [-0.15, -0.1) is 0 Å². The van der Waals surface area contributed by atoms with Crippen molar-refractivity contribution in [3.8, 4) is 11.1 Å². The Hall–Kier alpha value is -1.31. The van der Waals surface area contributed by atoms with Gasteiger partial charge in [0.1, 0.15) is 0 Å². The Morgan fingerprint density at radius 1 is 1.00 bits per heavy atom. The van der Waals surface area contributed by atoms with E-state index in [4.69, 9.17) is 17.3 Å². The Balaban J connectivity index is 2.28.